The van der Waals surface area contributed by atoms with E-state index in [1.165, 1.54) is 0 Å². The average Bonchev–Trinajstić information content (AvgIpc) is 2.70. The second kappa shape index (κ2) is 5.10. The van der Waals surface area contributed by atoms with Gasteiger partial charge in [-0.25, -0.2) is 0 Å². The Bertz CT molecular complexity index is 407. The molecule has 1 nitrogen and oxygen atoms in total. The number of ketones is 1. The lowest BCUT2D eigenvalue weighted by Gasteiger charge is -1.97. The molecule has 1 heterocycles. The highest BCUT2D eigenvalue weighted by atomic mass is 35.5. The highest BCUT2D eigenvalue weighted by molar-refractivity contribution is 8.25. The van der Waals surface area contributed by atoms with E-state index >= 15 is 0 Å². The van der Waals surface area contributed by atoms with Crippen LogP contribution in [0.1, 0.15) is 10.4 Å². The molecule has 0 bridgehead atoms. The first kappa shape index (κ1) is 11.1. The molecule has 1 aliphatic heterocycles. The van der Waals surface area contributed by atoms with Crippen molar-refractivity contribution in [2.45, 2.75) is 0 Å². The van der Waals surface area contributed by atoms with Crippen molar-refractivity contribution in [2.75, 3.05) is 11.5 Å². The van der Waals surface area contributed by atoms with Crippen molar-refractivity contribution >= 4 is 40.9 Å². The topological polar surface area (TPSA) is 17.1 Å². The summed E-state index contributed by atoms with van der Waals surface area (Å²) in [5.74, 6) is 2.23. The minimum atomic E-state index is 0.0365. The first-order chi connectivity index (χ1) is 7.25. The molecule has 78 valence electrons. The Labute approximate surface area is 102 Å². The van der Waals surface area contributed by atoms with Crippen LogP contribution in [-0.4, -0.2) is 17.3 Å². The molecule has 1 fully saturated rings. The summed E-state index contributed by atoms with van der Waals surface area (Å²) >= 11 is 9.30. The van der Waals surface area contributed by atoms with Crippen molar-refractivity contribution in [3.63, 3.8) is 0 Å². The lowest BCUT2D eigenvalue weighted by Crippen LogP contribution is -1.93. The summed E-state index contributed by atoms with van der Waals surface area (Å²) in [6, 6.07) is 7.05. The van der Waals surface area contributed by atoms with Crippen LogP contribution in [0, 0.1) is 0 Å². The normalized spacial score (nSPS) is 15.4. The maximum atomic E-state index is 11.8. The predicted octanol–water partition coefficient (Wildman–Crippen LogP) is 3.84. The van der Waals surface area contributed by atoms with E-state index in [9.17, 15) is 4.79 Å². The molecule has 1 saturated heterocycles. The summed E-state index contributed by atoms with van der Waals surface area (Å²) in [6.07, 6.45) is 1.70. The highest BCUT2D eigenvalue weighted by Gasteiger charge is 2.11. The van der Waals surface area contributed by atoms with Crippen molar-refractivity contribution in [1.29, 1.82) is 0 Å². The zero-order valence-electron chi connectivity index (χ0n) is 7.90. The maximum absolute atomic E-state index is 11.8. The van der Waals surface area contributed by atoms with Crippen molar-refractivity contribution in [3.8, 4) is 0 Å². The third kappa shape index (κ3) is 3.03. The molecule has 0 saturated carbocycles. The molecule has 1 aromatic carbocycles. The molecule has 0 spiro atoms. The van der Waals surface area contributed by atoms with Gasteiger partial charge in [0.05, 0.1) is 0 Å². The lowest BCUT2D eigenvalue weighted by atomic mass is 10.1. The Morgan fingerprint density at radius 3 is 2.73 bits per heavy atom. The quantitative estimate of drug-likeness (QED) is 0.591. The van der Waals surface area contributed by atoms with Crippen LogP contribution in [0.4, 0.5) is 0 Å². The monoisotopic (exact) mass is 256 g/mol. The largest absolute Gasteiger partial charge is 0.289 e. The molecule has 4 heteroatoms. The standard InChI is InChI=1S/C11H9ClOS2/c12-9-3-1-2-8(6-9)10(13)7-11-14-4-5-15-11/h1-3,6-7H,4-5H2. The van der Waals surface area contributed by atoms with E-state index in [1.54, 1.807) is 53.9 Å². The first-order valence-corrected chi connectivity index (χ1v) is 6.88. The summed E-state index contributed by atoms with van der Waals surface area (Å²) in [5.41, 5.74) is 0.656. The van der Waals surface area contributed by atoms with E-state index in [-0.39, 0.29) is 5.78 Å². The number of thioether (sulfide) groups is 2. The number of carbonyl (C=O) groups is 1. The zero-order chi connectivity index (χ0) is 10.7. The van der Waals surface area contributed by atoms with Crippen LogP contribution < -0.4 is 0 Å². The van der Waals surface area contributed by atoms with E-state index in [4.69, 9.17) is 11.6 Å². The Hall–Kier alpha value is -0.380. The van der Waals surface area contributed by atoms with Gasteiger partial charge in [0.2, 0.25) is 0 Å². The number of halogens is 1. The van der Waals surface area contributed by atoms with Gasteiger partial charge >= 0.3 is 0 Å². The van der Waals surface area contributed by atoms with Gasteiger partial charge in [-0.05, 0) is 12.1 Å². The van der Waals surface area contributed by atoms with E-state index < -0.39 is 0 Å². The second-order valence-corrected chi connectivity index (χ2v) is 6.00. The number of hydrogen-bond donors (Lipinski definition) is 0. The second-order valence-electron chi connectivity index (χ2n) is 3.03. The maximum Gasteiger partial charge on any atom is 0.187 e. The highest BCUT2D eigenvalue weighted by Crippen LogP contribution is 2.36. The predicted molar refractivity (Wildman–Crippen MR) is 68.8 cm³/mol. The van der Waals surface area contributed by atoms with E-state index in [1.807, 2.05) is 0 Å². The van der Waals surface area contributed by atoms with Gasteiger partial charge in [-0.15, -0.1) is 23.5 Å². The minimum Gasteiger partial charge on any atom is -0.289 e. The van der Waals surface area contributed by atoms with Crippen molar-refractivity contribution in [1.82, 2.24) is 0 Å². The fraction of sp³-hybridized carbons (Fsp3) is 0.182. The number of allylic oxidation sites excluding steroid dienone is 1. The van der Waals surface area contributed by atoms with Gasteiger partial charge < -0.3 is 0 Å². The summed E-state index contributed by atoms with van der Waals surface area (Å²) in [4.78, 5) is 11.8. The van der Waals surface area contributed by atoms with E-state index in [2.05, 4.69) is 0 Å². The number of benzene rings is 1. The average molecular weight is 257 g/mol. The fourth-order valence-corrected chi connectivity index (χ4v) is 3.72. The first-order valence-electron chi connectivity index (χ1n) is 4.53. The molecule has 1 aliphatic rings. The van der Waals surface area contributed by atoms with Crippen molar-refractivity contribution < 1.29 is 4.79 Å². The molecule has 0 N–H and O–H groups in total. The third-order valence-electron chi connectivity index (χ3n) is 1.93. The van der Waals surface area contributed by atoms with Crippen molar-refractivity contribution in [2.24, 2.45) is 0 Å². The zero-order valence-corrected chi connectivity index (χ0v) is 10.3. The van der Waals surface area contributed by atoms with Gasteiger partial charge in [-0.3, -0.25) is 4.79 Å². The molecule has 0 aliphatic carbocycles. The van der Waals surface area contributed by atoms with Crippen molar-refractivity contribution in [3.05, 3.63) is 45.2 Å². The Morgan fingerprint density at radius 1 is 1.33 bits per heavy atom. The van der Waals surface area contributed by atoms with Gasteiger partial charge in [0.1, 0.15) is 0 Å². The lowest BCUT2D eigenvalue weighted by molar-refractivity contribution is 0.104. The summed E-state index contributed by atoms with van der Waals surface area (Å²) < 4.78 is 1.11. The van der Waals surface area contributed by atoms with Gasteiger partial charge in [0, 0.05) is 32.4 Å². The van der Waals surface area contributed by atoms with E-state index in [0.29, 0.717) is 10.6 Å². The number of hydrogen-bond acceptors (Lipinski definition) is 3. The summed E-state index contributed by atoms with van der Waals surface area (Å²) in [6.45, 7) is 0. The number of rotatable bonds is 2. The Kier molecular flexibility index (Phi) is 3.78. The molecule has 2 rings (SSSR count). The summed E-state index contributed by atoms with van der Waals surface area (Å²) in [7, 11) is 0. The van der Waals surface area contributed by atoms with Crippen LogP contribution in [0.2, 0.25) is 5.02 Å². The molecular weight excluding hydrogens is 248 g/mol. The molecule has 15 heavy (non-hydrogen) atoms. The fourth-order valence-electron chi connectivity index (χ4n) is 1.24. The van der Waals surface area contributed by atoms with Crippen LogP contribution in [0.15, 0.2) is 34.6 Å². The Balaban J connectivity index is 2.17. The summed E-state index contributed by atoms with van der Waals surface area (Å²) in [5, 5.41) is 0.603. The Morgan fingerprint density at radius 2 is 2.07 bits per heavy atom. The van der Waals surface area contributed by atoms with Gasteiger partial charge in [-0.1, -0.05) is 23.7 Å². The van der Waals surface area contributed by atoms with Crippen LogP contribution in [0.3, 0.4) is 0 Å². The van der Waals surface area contributed by atoms with Crippen LogP contribution in [0.5, 0.6) is 0 Å². The molecule has 1 aromatic rings. The molecular formula is C11H9ClOS2. The van der Waals surface area contributed by atoms with Crippen LogP contribution >= 0.6 is 35.1 Å². The van der Waals surface area contributed by atoms with Crippen LogP contribution in [-0.2, 0) is 0 Å². The molecule has 0 unspecified atom stereocenters. The smallest absolute Gasteiger partial charge is 0.187 e. The molecule has 0 atom stereocenters. The minimum absolute atomic E-state index is 0.0365. The third-order valence-corrected chi connectivity index (χ3v) is 4.75. The van der Waals surface area contributed by atoms with E-state index in [0.717, 1.165) is 15.7 Å². The van der Waals surface area contributed by atoms with Gasteiger partial charge in [0.15, 0.2) is 5.78 Å². The SMILES string of the molecule is O=C(C=C1SCCS1)c1cccc(Cl)c1. The van der Waals surface area contributed by atoms with Gasteiger partial charge in [-0.2, -0.15) is 0 Å². The molecule has 0 amide bonds. The van der Waals surface area contributed by atoms with Crippen LogP contribution in [0.25, 0.3) is 0 Å². The van der Waals surface area contributed by atoms with Gasteiger partial charge in [0.25, 0.3) is 0 Å². The molecule has 0 aromatic heterocycles. The number of carbonyl (C=O) groups excluding carboxylic acids is 1. The molecule has 0 radical (unpaired) electrons.